The number of aromatic amines is 2. The van der Waals surface area contributed by atoms with Gasteiger partial charge in [0.1, 0.15) is 9.75 Å². The number of rotatable bonds is 10. The van der Waals surface area contributed by atoms with Gasteiger partial charge in [-0.05, 0) is 58.4 Å². The molecule has 254 valence electrons. The topological polar surface area (TPSA) is 179 Å². The van der Waals surface area contributed by atoms with Gasteiger partial charge in [-0.25, -0.2) is 9.59 Å². The van der Waals surface area contributed by atoms with Crippen LogP contribution in [-0.4, -0.2) is 56.4 Å². The zero-order valence-corrected chi connectivity index (χ0v) is 29.2. The average molecular weight is 701 g/mol. The minimum absolute atomic E-state index is 0.0496. The van der Waals surface area contributed by atoms with E-state index >= 15 is 0 Å². The maximum Gasteiger partial charge on any atom is 0.348 e. The van der Waals surface area contributed by atoms with Crippen molar-refractivity contribution in [1.29, 1.82) is 0 Å². The number of fused-ring (bicyclic) bond motifs is 2. The molecule has 12 nitrogen and oxygen atoms in total. The van der Waals surface area contributed by atoms with E-state index in [0.717, 1.165) is 61.2 Å². The van der Waals surface area contributed by atoms with Crippen molar-refractivity contribution in [3.63, 3.8) is 0 Å². The molecule has 0 saturated carbocycles. The molecule has 0 atom stereocenters. The van der Waals surface area contributed by atoms with E-state index < -0.39 is 11.9 Å². The molecule has 0 bridgehead atoms. The van der Waals surface area contributed by atoms with Crippen LogP contribution in [0.5, 0.6) is 0 Å². The third-order valence-electron chi connectivity index (χ3n) is 7.81. The number of hydrogen-bond donors (Lipinski definition) is 5. The molecule has 14 heteroatoms. The first kappa shape index (κ1) is 35.0. The molecule has 0 radical (unpaired) electrons. The number of ether oxygens (including phenoxy) is 1. The number of nitrogens with one attached hydrogen (secondary N) is 4. The van der Waals surface area contributed by atoms with Crippen LogP contribution in [0.25, 0.3) is 21.8 Å². The maximum atomic E-state index is 12.5. The predicted molar refractivity (Wildman–Crippen MR) is 190 cm³/mol. The van der Waals surface area contributed by atoms with Gasteiger partial charge in [0.15, 0.2) is 0 Å². The van der Waals surface area contributed by atoms with Crippen LogP contribution < -0.4 is 10.6 Å². The fourth-order valence-corrected chi connectivity index (χ4v) is 7.42. The predicted octanol–water partition coefficient (Wildman–Crippen LogP) is 6.84. The number of H-pyrrole nitrogens is 2. The standard InChI is InChI=1S/C18H19N3O3S.C17H17N3O3S/c1-10(2)12-7-15(25-16(12)18(23)24-3)17(22)19-8-11-5-4-6-14-13(11)9-20-21-14;1-9(2)11-6-14(24-15(11)17(22)23)16(21)18-7-10-4-3-5-13-12(10)8-19-20-13/h4-7,9-10H,8H2,1-3H3,(H,19,22)(H,20,21);3-6,8-9H,7H2,1-2H3,(H,18,21)(H,19,20)(H,22,23). The Morgan fingerprint density at radius 2 is 1.20 bits per heavy atom. The third-order valence-corrected chi connectivity index (χ3v) is 10.1. The molecule has 2 amide bonds. The summed E-state index contributed by atoms with van der Waals surface area (Å²) in [5.74, 6) is -1.69. The molecule has 6 aromatic rings. The second-order valence-corrected chi connectivity index (χ2v) is 13.9. The van der Waals surface area contributed by atoms with E-state index in [2.05, 4.69) is 31.0 Å². The number of carboxylic acid groups (broad SMARTS) is 1. The molecule has 0 spiro atoms. The minimum atomic E-state index is -0.995. The second kappa shape index (κ2) is 15.3. The molecule has 2 aromatic carbocycles. The van der Waals surface area contributed by atoms with Crippen molar-refractivity contribution in [3.8, 4) is 0 Å². The second-order valence-electron chi connectivity index (χ2n) is 11.8. The van der Waals surface area contributed by atoms with Gasteiger partial charge < -0.3 is 20.5 Å². The first-order valence-corrected chi connectivity index (χ1v) is 17.1. The van der Waals surface area contributed by atoms with Crippen LogP contribution in [0, 0.1) is 0 Å². The number of amides is 2. The Balaban J connectivity index is 0.000000191. The lowest BCUT2D eigenvalue weighted by Crippen LogP contribution is -2.21. The fraction of sp³-hybridized carbons (Fsp3) is 0.257. The highest BCUT2D eigenvalue weighted by atomic mass is 32.1. The number of nitrogens with zero attached hydrogens (tertiary/aromatic N) is 2. The van der Waals surface area contributed by atoms with Crippen LogP contribution >= 0.6 is 22.7 Å². The van der Waals surface area contributed by atoms with Crippen LogP contribution in [0.15, 0.2) is 60.9 Å². The average Bonchev–Trinajstić information content (AvgIpc) is 3.91. The zero-order chi connectivity index (χ0) is 35.2. The first-order chi connectivity index (χ1) is 23.5. The van der Waals surface area contributed by atoms with Gasteiger partial charge in [-0.15, -0.1) is 22.7 Å². The van der Waals surface area contributed by atoms with Crippen molar-refractivity contribution in [3.05, 3.63) is 103 Å². The van der Waals surface area contributed by atoms with E-state index in [0.29, 0.717) is 33.3 Å². The number of aromatic nitrogens is 4. The van der Waals surface area contributed by atoms with Crippen molar-refractivity contribution in [2.75, 3.05) is 7.11 Å². The number of carbonyl (C=O) groups is 4. The summed E-state index contributed by atoms with van der Waals surface area (Å²) in [7, 11) is 1.34. The largest absolute Gasteiger partial charge is 0.477 e. The van der Waals surface area contributed by atoms with Crippen LogP contribution in [0.3, 0.4) is 0 Å². The van der Waals surface area contributed by atoms with E-state index in [9.17, 15) is 24.3 Å². The molecule has 0 saturated heterocycles. The number of benzene rings is 2. The van der Waals surface area contributed by atoms with Crippen LogP contribution in [0.2, 0.25) is 0 Å². The van der Waals surface area contributed by atoms with Crippen LogP contribution in [-0.2, 0) is 17.8 Å². The first-order valence-electron chi connectivity index (χ1n) is 15.5. The van der Waals surface area contributed by atoms with Crippen molar-refractivity contribution < 1.29 is 29.0 Å². The van der Waals surface area contributed by atoms with E-state index in [1.807, 2.05) is 64.1 Å². The van der Waals surface area contributed by atoms with Crippen molar-refractivity contribution in [2.45, 2.75) is 52.6 Å². The summed E-state index contributed by atoms with van der Waals surface area (Å²) in [5.41, 5.74) is 5.29. The lowest BCUT2D eigenvalue weighted by Gasteiger charge is -2.05. The summed E-state index contributed by atoms with van der Waals surface area (Å²) in [6.07, 6.45) is 3.47. The van der Waals surface area contributed by atoms with E-state index in [1.54, 1.807) is 24.5 Å². The summed E-state index contributed by atoms with van der Waals surface area (Å²) < 4.78 is 4.82. The number of aromatic carboxylic acids is 1. The molecular weight excluding hydrogens is 665 g/mol. The molecular formula is C35H36N6O6S2. The van der Waals surface area contributed by atoms with E-state index in [4.69, 9.17) is 4.74 Å². The Kier molecular flexibility index (Phi) is 10.9. The number of thiophene rings is 2. The molecule has 5 N–H and O–H groups in total. The Hall–Kier alpha value is -5.34. The van der Waals surface area contributed by atoms with Crippen molar-refractivity contribution >= 4 is 68.2 Å². The molecule has 0 aliphatic rings. The summed E-state index contributed by atoms with van der Waals surface area (Å²) in [6.45, 7) is 8.53. The highest BCUT2D eigenvalue weighted by molar-refractivity contribution is 7.16. The smallest absolute Gasteiger partial charge is 0.348 e. The molecule has 4 aromatic heterocycles. The quantitative estimate of drug-likeness (QED) is 0.0964. The highest BCUT2D eigenvalue weighted by Crippen LogP contribution is 2.30. The van der Waals surface area contributed by atoms with Gasteiger partial charge in [-0.3, -0.25) is 19.8 Å². The summed E-state index contributed by atoms with van der Waals surface area (Å²) >= 11 is 2.18. The lowest BCUT2D eigenvalue weighted by atomic mass is 10.0. The van der Waals surface area contributed by atoms with Crippen molar-refractivity contribution in [1.82, 2.24) is 31.0 Å². The molecule has 0 unspecified atom stereocenters. The number of carboxylic acids is 1. The third kappa shape index (κ3) is 7.87. The van der Waals surface area contributed by atoms with Gasteiger partial charge in [-0.1, -0.05) is 52.0 Å². The monoisotopic (exact) mass is 700 g/mol. The summed E-state index contributed by atoms with van der Waals surface area (Å²) in [6, 6.07) is 15.0. The molecule has 6 rings (SSSR count). The molecule has 49 heavy (non-hydrogen) atoms. The number of esters is 1. The maximum absolute atomic E-state index is 12.5. The molecule has 0 fully saturated rings. The Morgan fingerprint density at radius 3 is 1.61 bits per heavy atom. The van der Waals surface area contributed by atoms with Gasteiger partial charge in [-0.2, -0.15) is 10.2 Å². The van der Waals surface area contributed by atoms with Gasteiger partial charge in [0.25, 0.3) is 11.8 Å². The van der Waals surface area contributed by atoms with Gasteiger partial charge >= 0.3 is 11.9 Å². The molecule has 0 aliphatic carbocycles. The lowest BCUT2D eigenvalue weighted by molar-refractivity contribution is 0.0603. The van der Waals surface area contributed by atoms with Gasteiger partial charge in [0.2, 0.25) is 0 Å². The minimum Gasteiger partial charge on any atom is -0.477 e. The van der Waals surface area contributed by atoms with Gasteiger partial charge in [0, 0.05) is 23.9 Å². The van der Waals surface area contributed by atoms with Crippen molar-refractivity contribution in [2.24, 2.45) is 0 Å². The number of methoxy groups -OCH3 is 1. The Morgan fingerprint density at radius 1 is 0.755 bits per heavy atom. The highest BCUT2D eigenvalue weighted by Gasteiger charge is 2.23. The Labute approximate surface area is 289 Å². The van der Waals surface area contributed by atoms with Crippen LogP contribution in [0.1, 0.15) is 100 Å². The van der Waals surface area contributed by atoms with Crippen LogP contribution in [0.4, 0.5) is 0 Å². The number of carbonyl (C=O) groups excluding carboxylic acids is 3. The fourth-order valence-electron chi connectivity index (χ4n) is 5.20. The summed E-state index contributed by atoms with van der Waals surface area (Å²) in [4.78, 5) is 49.8. The van der Waals surface area contributed by atoms with Gasteiger partial charge in [0.05, 0.1) is 40.3 Å². The van der Waals surface area contributed by atoms with E-state index in [-0.39, 0.29) is 28.5 Å². The molecule has 0 aliphatic heterocycles. The van der Waals surface area contributed by atoms with E-state index in [1.165, 1.54) is 7.11 Å². The SMILES string of the molecule is CC(C)c1cc(C(=O)NCc2cccc3[nH]ncc23)sc1C(=O)O.COC(=O)c1sc(C(=O)NCc2cccc3[nH]ncc23)cc1C(C)C. The zero-order valence-electron chi connectivity index (χ0n) is 27.5. The summed E-state index contributed by atoms with van der Waals surface area (Å²) in [5, 5.41) is 30.8. The number of hydrogen-bond acceptors (Lipinski definition) is 9. The molecule has 4 heterocycles. The normalized spacial score (nSPS) is 11.1. The Bertz CT molecular complexity index is 2140.